The summed E-state index contributed by atoms with van der Waals surface area (Å²) in [5.41, 5.74) is 2.15. The summed E-state index contributed by atoms with van der Waals surface area (Å²) in [4.78, 5) is 24.7. The van der Waals surface area contributed by atoms with E-state index in [2.05, 4.69) is 16.6 Å². The summed E-state index contributed by atoms with van der Waals surface area (Å²) in [5.74, 6) is 2.21. The van der Waals surface area contributed by atoms with Crippen LogP contribution in [0.4, 0.5) is 10.1 Å². The van der Waals surface area contributed by atoms with Crippen molar-refractivity contribution in [2.45, 2.75) is 17.7 Å². The van der Waals surface area contributed by atoms with Crippen LogP contribution in [0.25, 0.3) is 0 Å². The van der Waals surface area contributed by atoms with Crippen LogP contribution in [-0.4, -0.2) is 28.9 Å². The van der Waals surface area contributed by atoms with Gasteiger partial charge in [0.15, 0.2) is 0 Å². The summed E-state index contributed by atoms with van der Waals surface area (Å²) in [6, 6.07) is 12.5. The third-order valence-corrected chi connectivity index (χ3v) is 5.33. The zero-order valence-corrected chi connectivity index (χ0v) is 14.7. The van der Waals surface area contributed by atoms with Gasteiger partial charge >= 0.3 is 0 Å². The third-order valence-electron chi connectivity index (χ3n) is 4.02. The van der Waals surface area contributed by atoms with Crippen LogP contribution in [0.1, 0.15) is 11.1 Å². The van der Waals surface area contributed by atoms with Crippen LogP contribution in [0.3, 0.4) is 0 Å². The highest BCUT2D eigenvalue weighted by molar-refractivity contribution is 8.00. The maximum Gasteiger partial charge on any atom is 0.247 e. The molecule has 1 saturated heterocycles. The van der Waals surface area contributed by atoms with Crippen LogP contribution in [0.2, 0.25) is 0 Å². The van der Waals surface area contributed by atoms with Crippen molar-refractivity contribution in [3.63, 3.8) is 0 Å². The van der Waals surface area contributed by atoms with Crippen LogP contribution in [0, 0.1) is 18.2 Å². The van der Waals surface area contributed by atoms with Crippen molar-refractivity contribution in [1.82, 2.24) is 5.32 Å². The molecule has 132 valence electrons. The first-order chi connectivity index (χ1) is 12.5. The van der Waals surface area contributed by atoms with Crippen molar-refractivity contribution in [2.75, 3.05) is 11.1 Å². The Kier molecular flexibility index (Phi) is 5.59. The molecule has 1 aliphatic rings. The molecule has 0 aliphatic carbocycles. The second-order valence-electron chi connectivity index (χ2n) is 5.93. The molecule has 2 aromatic rings. The molecule has 0 aromatic heterocycles. The minimum Gasteiger partial charge on any atom is -0.343 e. The van der Waals surface area contributed by atoms with Gasteiger partial charge in [-0.3, -0.25) is 9.59 Å². The van der Waals surface area contributed by atoms with E-state index in [1.54, 1.807) is 36.4 Å². The van der Waals surface area contributed by atoms with Crippen molar-refractivity contribution in [3.8, 4) is 12.3 Å². The van der Waals surface area contributed by atoms with Crippen molar-refractivity contribution in [2.24, 2.45) is 0 Å². The highest BCUT2D eigenvalue weighted by Gasteiger charge is 2.32. The molecule has 6 heteroatoms. The quantitative estimate of drug-likeness (QED) is 0.816. The van der Waals surface area contributed by atoms with Gasteiger partial charge in [-0.25, -0.2) is 4.39 Å². The topological polar surface area (TPSA) is 58.2 Å². The van der Waals surface area contributed by atoms with Crippen molar-refractivity contribution < 1.29 is 14.0 Å². The number of carbonyl (C=O) groups excluding carboxylic acids is 2. The SMILES string of the molecule is C#Cc1cccc(NC(=O)[C@H]2CS[C@H](Cc3ccc(F)cc3)C(=O)N2)c1. The highest BCUT2D eigenvalue weighted by atomic mass is 32.2. The molecule has 4 nitrogen and oxygen atoms in total. The van der Waals surface area contributed by atoms with Gasteiger partial charge in [0.25, 0.3) is 0 Å². The number of nitrogens with one attached hydrogen (secondary N) is 2. The highest BCUT2D eigenvalue weighted by Crippen LogP contribution is 2.23. The van der Waals surface area contributed by atoms with E-state index in [0.717, 1.165) is 5.56 Å². The van der Waals surface area contributed by atoms with E-state index in [4.69, 9.17) is 6.42 Å². The Hall–Kier alpha value is -2.78. The lowest BCUT2D eigenvalue weighted by molar-refractivity contribution is -0.126. The number of thioether (sulfide) groups is 1. The fourth-order valence-corrected chi connectivity index (χ4v) is 3.83. The molecule has 0 saturated carbocycles. The maximum atomic E-state index is 13.0. The van der Waals surface area contributed by atoms with Crippen molar-refractivity contribution >= 4 is 29.3 Å². The summed E-state index contributed by atoms with van der Waals surface area (Å²) in [5, 5.41) is 5.24. The molecule has 2 N–H and O–H groups in total. The van der Waals surface area contributed by atoms with Gasteiger partial charge in [0.05, 0.1) is 5.25 Å². The minimum absolute atomic E-state index is 0.192. The number of hydrogen-bond donors (Lipinski definition) is 2. The molecule has 1 fully saturated rings. The Morgan fingerprint density at radius 1 is 1.31 bits per heavy atom. The standard InChI is InChI=1S/C20H17FN2O2S/c1-2-13-4-3-5-16(10-13)22-19(24)17-12-26-18(20(25)23-17)11-14-6-8-15(21)9-7-14/h1,3-10,17-18H,11-12H2,(H,22,24)(H,23,25)/t17-,18-/m1/s1. The van der Waals surface area contributed by atoms with Gasteiger partial charge in [-0.05, 0) is 42.3 Å². The first-order valence-electron chi connectivity index (χ1n) is 8.09. The third kappa shape index (κ3) is 4.44. The zero-order chi connectivity index (χ0) is 18.5. The van der Waals surface area contributed by atoms with Crippen LogP contribution in [0.5, 0.6) is 0 Å². The average molecular weight is 368 g/mol. The Morgan fingerprint density at radius 3 is 2.77 bits per heavy atom. The molecule has 1 aliphatic heterocycles. The molecule has 0 spiro atoms. The van der Waals surface area contributed by atoms with E-state index in [9.17, 15) is 14.0 Å². The van der Waals surface area contributed by atoms with E-state index in [-0.39, 0.29) is 22.9 Å². The second-order valence-corrected chi connectivity index (χ2v) is 7.16. The molecule has 0 unspecified atom stereocenters. The van der Waals surface area contributed by atoms with Gasteiger partial charge in [0.1, 0.15) is 11.9 Å². The summed E-state index contributed by atoms with van der Waals surface area (Å²) < 4.78 is 13.0. The summed E-state index contributed by atoms with van der Waals surface area (Å²) in [6.07, 6.45) is 5.85. The number of hydrogen-bond acceptors (Lipinski definition) is 3. The van der Waals surface area contributed by atoms with E-state index in [0.29, 0.717) is 23.4 Å². The molecular formula is C20H17FN2O2S. The Balaban J connectivity index is 1.57. The second kappa shape index (κ2) is 8.07. The molecule has 1 heterocycles. The number of anilines is 1. The van der Waals surface area contributed by atoms with Crippen molar-refractivity contribution in [3.05, 3.63) is 65.5 Å². The summed E-state index contributed by atoms with van der Waals surface area (Å²) in [6.45, 7) is 0. The molecule has 0 radical (unpaired) electrons. The van der Waals surface area contributed by atoms with Gasteiger partial charge in [0, 0.05) is 17.0 Å². The Morgan fingerprint density at radius 2 is 2.08 bits per heavy atom. The zero-order valence-electron chi connectivity index (χ0n) is 13.9. The molecule has 2 aromatic carbocycles. The molecular weight excluding hydrogens is 351 g/mol. The fourth-order valence-electron chi connectivity index (χ4n) is 2.64. The Bertz CT molecular complexity index is 861. The van der Waals surface area contributed by atoms with Gasteiger partial charge in [0.2, 0.25) is 11.8 Å². The fraction of sp³-hybridized carbons (Fsp3) is 0.200. The normalized spacial score (nSPS) is 19.3. The minimum atomic E-state index is -0.605. The lowest BCUT2D eigenvalue weighted by Gasteiger charge is -2.28. The number of carbonyl (C=O) groups is 2. The number of amides is 2. The largest absolute Gasteiger partial charge is 0.343 e. The van der Waals surface area contributed by atoms with Gasteiger partial charge < -0.3 is 10.6 Å². The summed E-state index contributed by atoms with van der Waals surface area (Å²) >= 11 is 1.43. The number of benzene rings is 2. The van der Waals surface area contributed by atoms with Gasteiger partial charge in [-0.1, -0.05) is 24.1 Å². The lowest BCUT2D eigenvalue weighted by Crippen LogP contribution is -2.52. The maximum absolute atomic E-state index is 13.0. The van der Waals surface area contributed by atoms with Crippen LogP contribution < -0.4 is 10.6 Å². The molecule has 2 atom stereocenters. The van der Waals surface area contributed by atoms with Gasteiger partial charge in [-0.2, -0.15) is 0 Å². The number of terminal acetylenes is 1. The monoisotopic (exact) mass is 368 g/mol. The van der Waals surface area contributed by atoms with Crippen LogP contribution in [0.15, 0.2) is 48.5 Å². The average Bonchev–Trinajstić information content (AvgIpc) is 2.65. The Labute approximate surface area is 155 Å². The molecule has 26 heavy (non-hydrogen) atoms. The van der Waals surface area contributed by atoms with E-state index in [1.807, 2.05) is 0 Å². The number of rotatable bonds is 4. The molecule has 2 amide bonds. The molecule has 3 rings (SSSR count). The van der Waals surface area contributed by atoms with Crippen LogP contribution in [-0.2, 0) is 16.0 Å². The predicted octanol–water partition coefficient (Wildman–Crippen LogP) is 2.59. The molecule has 0 bridgehead atoms. The first-order valence-corrected chi connectivity index (χ1v) is 9.14. The van der Waals surface area contributed by atoms with Crippen LogP contribution >= 0.6 is 11.8 Å². The van der Waals surface area contributed by atoms with Gasteiger partial charge in [-0.15, -0.1) is 18.2 Å². The van der Waals surface area contributed by atoms with E-state index >= 15 is 0 Å². The predicted molar refractivity (Wildman–Crippen MR) is 101 cm³/mol. The first kappa shape index (κ1) is 18.0. The lowest BCUT2D eigenvalue weighted by atomic mass is 10.1. The van der Waals surface area contributed by atoms with E-state index < -0.39 is 6.04 Å². The smallest absolute Gasteiger partial charge is 0.247 e. The van der Waals surface area contributed by atoms with E-state index in [1.165, 1.54) is 23.9 Å². The summed E-state index contributed by atoms with van der Waals surface area (Å²) in [7, 11) is 0. The number of halogens is 1. The van der Waals surface area contributed by atoms with Crippen molar-refractivity contribution in [1.29, 1.82) is 0 Å².